The minimum absolute atomic E-state index is 0.0190. The standard InChI is InChI=1S/C21H25N3O3/c1-15-20(18(9-10-22-15)16-7-5-4-6-8-16)21(26)24-11-12-27-14-17(24)13-19(25)23(2)3/h4-10,17H,11-14H2,1-3H3. The Labute approximate surface area is 159 Å². The zero-order valence-electron chi connectivity index (χ0n) is 16.0. The second-order valence-corrected chi connectivity index (χ2v) is 6.90. The molecule has 0 saturated carbocycles. The van der Waals surface area contributed by atoms with Crippen molar-refractivity contribution in [1.82, 2.24) is 14.8 Å². The zero-order valence-corrected chi connectivity index (χ0v) is 16.0. The molecule has 2 heterocycles. The number of aryl methyl sites for hydroxylation is 1. The molecule has 1 aromatic heterocycles. The molecule has 1 aliphatic rings. The number of rotatable bonds is 4. The molecule has 6 nitrogen and oxygen atoms in total. The summed E-state index contributed by atoms with van der Waals surface area (Å²) < 4.78 is 5.54. The van der Waals surface area contributed by atoms with Gasteiger partial charge in [0.15, 0.2) is 0 Å². The number of pyridine rings is 1. The van der Waals surface area contributed by atoms with E-state index in [2.05, 4.69) is 4.98 Å². The molecule has 0 bridgehead atoms. The Morgan fingerprint density at radius 1 is 1.22 bits per heavy atom. The summed E-state index contributed by atoms with van der Waals surface area (Å²) in [7, 11) is 3.44. The summed E-state index contributed by atoms with van der Waals surface area (Å²) in [6.45, 7) is 3.15. The molecule has 1 fully saturated rings. The SMILES string of the molecule is Cc1nccc(-c2ccccc2)c1C(=O)N1CCOCC1CC(=O)N(C)C. The number of nitrogens with zero attached hydrogens (tertiary/aromatic N) is 3. The number of carbonyl (C=O) groups is 2. The topological polar surface area (TPSA) is 62.7 Å². The van der Waals surface area contributed by atoms with Gasteiger partial charge in [0.25, 0.3) is 5.91 Å². The van der Waals surface area contributed by atoms with Gasteiger partial charge in [-0.3, -0.25) is 14.6 Å². The van der Waals surface area contributed by atoms with Crippen molar-refractivity contribution >= 4 is 11.8 Å². The predicted molar refractivity (Wildman–Crippen MR) is 103 cm³/mol. The molecule has 1 aliphatic heterocycles. The van der Waals surface area contributed by atoms with Gasteiger partial charge in [-0.05, 0) is 24.1 Å². The molecule has 142 valence electrons. The highest BCUT2D eigenvalue weighted by Crippen LogP contribution is 2.27. The van der Waals surface area contributed by atoms with Crippen molar-refractivity contribution in [1.29, 1.82) is 0 Å². The summed E-state index contributed by atoms with van der Waals surface area (Å²) in [5, 5.41) is 0. The summed E-state index contributed by atoms with van der Waals surface area (Å²) in [4.78, 5) is 33.3. The van der Waals surface area contributed by atoms with Gasteiger partial charge in [-0.25, -0.2) is 0 Å². The van der Waals surface area contributed by atoms with Crippen molar-refractivity contribution in [2.45, 2.75) is 19.4 Å². The highest BCUT2D eigenvalue weighted by atomic mass is 16.5. The van der Waals surface area contributed by atoms with Crippen molar-refractivity contribution in [3.8, 4) is 11.1 Å². The van der Waals surface area contributed by atoms with E-state index in [0.717, 1.165) is 11.1 Å². The molecule has 2 amide bonds. The van der Waals surface area contributed by atoms with Crippen LogP contribution in [0, 0.1) is 6.92 Å². The van der Waals surface area contributed by atoms with Crippen LogP contribution in [-0.2, 0) is 9.53 Å². The average Bonchev–Trinajstić information content (AvgIpc) is 2.68. The van der Waals surface area contributed by atoms with Gasteiger partial charge >= 0.3 is 0 Å². The van der Waals surface area contributed by atoms with E-state index in [1.165, 1.54) is 0 Å². The summed E-state index contributed by atoms with van der Waals surface area (Å²) in [5.41, 5.74) is 3.11. The van der Waals surface area contributed by atoms with Crippen molar-refractivity contribution in [3.63, 3.8) is 0 Å². The third-order valence-corrected chi connectivity index (χ3v) is 4.84. The second kappa shape index (κ2) is 8.31. The predicted octanol–water partition coefficient (Wildman–Crippen LogP) is 2.38. The third-order valence-electron chi connectivity index (χ3n) is 4.84. The van der Waals surface area contributed by atoms with E-state index in [-0.39, 0.29) is 24.3 Å². The molecular weight excluding hydrogens is 342 g/mol. The molecule has 0 N–H and O–H groups in total. The molecule has 6 heteroatoms. The van der Waals surface area contributed by atoms with Crippen LogP contribution in [0.3, 0.4) is 0 Å². The van der Waals surface area contributed by atoms with Crippen LogP contribution in [0.25, 0.3) is 11.1 Å². The fraction of sp³-hybridized carbons (Fsp3) is 0.381. The highest BCUT2D eigenvalue weighted by molar-refractivity contribution is 6.02. The smallest absolute Gasteiger partial charge is 0.256 e. The summed E-state index contributed by atoms with van der Waals surface area (Å²) in [6, 6.07) is 11.4. The van der Waals surface area contributed by atoms with Crippen LogP contribution < -0.4 is 0 Å². The fourth-order valence-electron chi connectivity index (χ4n) is 3.31. The molecule has 2 aromatic rings. The van der Waals surface area contributed by atoms with Crippen LogP contribution in [0.5, 0.6) is 0 Å². The van der Waals surface area contributed by atoms with Crippen LogP contribution in [0.1, 0.15) is 22.5 Å². The molecule has 3 rings (SSSR count). The maximum absolute atomic E-state index is 13.5. The quantitative estimate of drug-likeness (QED) is 0.832. The van der Waals surface area contributed by atoms with Crippen LogP contribution in [0.4, 0.5) is 0 Å². The van der Waals surface area contributed by atoms with Gasteiger partial charge < -0.3 is 14.5 Å². The lowest BCUT2D eigenvalue weighted by Crippen LogP contribution is -2.50. The maximum atomic E-state index is 13.5. The number of amides is 2. The monoisotopic (exact) mass is 367 g/mol. The first kappa shape index (κ1) is 19.0. The highest BCUT2D eigenvalue weighted by Gasteiger charge is 2.32. The van der Waals surface area contributed by atoms with Crippen LogP contribution in [0.2, 0.25) is 0 Å². The summed E-state index contributed by atoms with van der Waals surface area (Å²) in [6.07, 6.45) is 1.97. The van der Waals surface area contributed by atoms with Crippen LogP contribution in [-0.4, -0.2) is 66.5 Å². The van der Waals surface area contributed by atoms with E-state index in [4.69, 9.17) is 4.74 Å². The summed E-state index contributed by atoms with van der Waals surface area (Å²) >= 11 is 0. The van der Waals surface area contributed by atoms with E-state index < -0.39 is 0 Å². The molecular formula is C21H25N3O3. The molecule has 0 aliphatic carbocycles. The molecule has 1 atom stereocenters. The number of ether oxygens (including phenoxy) is 1. The van der Waals surface area contributed by atoms with E-state index >= 15 is 0 Å². The van der Waals surface area contributed by atoms with Crippen molar-refractivity contribution in [3.05, 3.63) is 53.9 Å². The number of hydrogen-bond acceptors (Lipinski definition) is 4. The third kappa shape index (κ3) is 4.17. The Morgan fingerprint density at radius 3 is 2.67 bits per heavy atom. The average molecular weight is 367 g/mol. The lowest BCUT2D eigenvalue weighted by atomic mass is 9.97. The Morgan fingerprint density at radius 2 is 1.96 bits per heavy atom. The van der Waals surface area contributed by atoms with E-state index in [0.29, 0.717) is 31.0 Å². The molecule has 1 saturated heterocycles. The number of carbonyl (C=O) groups excluding carboxylic acids is 2. The molecule has 0 spiro atoms. The molecule has 1 aromatic carbocycles. The molecule has 0 radical (unpaired) electrons. The largest absolute Gasteiger partial charge is 0.377 e. The fourth-order valence-corrected chi connectivity index (χ4v) is 3.31. The lowest BCUT2D eigenvalue weighted by molar-refractivity contribution is -0.131. The first-order valence-electron chi connectivity index (χ1n) is 9.09. The van der Waals surface area contributed by atoms with Gasteiger partial charge in [0.1, 0.15) is 0 Å². The van der Waals surface area contributed by atoms with Gasteiger partial charge in [-0.2, -0.15) is 0 Å². The van der Waals surface area contributed by atoms with Gasteiger partial charge in [0.2, 0.25) is 5.91 Å². The van der Waals surface area contributed by atoms with Crippen molar-refractivity contribution < 1.29 is 14.3 Å². The number of hydrogen-bond donors (Lipinski definition) is 0. The zero-order chi connectivity index (χ0) is 19.4. The molecule has 27 heavy (non-hydrogen) atoms. The first-order chi connectivity index (χ1) is 13.0. The maximum Gasteiger partial charge on any atom is 0.256 e. The van der Waals surface area contributed by atoms with Gasteiger partial charge in [-0.1, -0.05) is 30.3 Å². The Bertz CT molecular complexity index is 821. The number of aromatic nitrogens is 1. The minimum Gasteiger partial charge on any atom is -0.377 e. The van der Waals surface area contributed by atoms with E-state index in [9.17, 15) is 9.59 Å². The lowest BCUT2D eigenvalue weighted by Gasteiger charge is -2.36. The number of morpholine rings is 1. The summed E-state index contributed by atoms with van der Waals surface area (Å²) in [5.74, 6) is -0.117. The Balaban J connectivity index is 1.95. The van der Waals surface area contributed by atoms with Crippen molar-refractivity contribution in [2.24, 2.45) is 0 Å². The van der Waals surface area contributed by atoms with Gasteiger partial charge in [0, 0.05) is 33.3 Å². The van der Waals surface area contributed by atoms with E-state index in [1.807, 2.05) is 43.3 Å². The number of benzene rings is 1. The van der Waals surface area contributed by atoms with Crippen LogP contribution >= 0.6 is 0 Å². The Kier molecular flexibility index (Phi) is 5.86. The Hall–Kier alpha value is -2.73. The second-order valence-electron chi connectivity index (χ2n) is 6.90. The first-order valence-corrected chi connectivity index (χ1v) is 9.09. The normalized spacial score (nSPS) is 16.9. The van der Waals surface area contributed by atoms with Gasteiger partial charge in [-0.15, -0.1) is 0 Å². The van der Waals surface area contributed by atoms with Crippen LogP contribution in [0.15, 0.2) is 42.6 Å². The van der Waals surface area contributed by atoms with E-state index in [1.54, 1.807) is 30.1 Å². The van der Waals surface area contributed by atoms with Gasteiger partial charge in [0.05, 0.1) is 30.5 Å². The van der Waals surface area contributed by atoms with Crippen molar-refractivity contribution in [2.75, 3.05) is 33.9 Å². The molecule has 1 unspecified atom stereocenters. The minimum atomic E-state index is -0.274.